The summed E-state index contributed by atoms with van der Waals surface area (Å²) in [5.74, 6) is 1.13. The van der Waals surface area contributed by atoms with E-state index in [0.29, 0.717) is 0 Å². The minimum Gasteiger partial charge on any atom is -0.354 e. The molecule has 1 aliphatic heterocycles. The van der Waals surface area contributed by atoms with Crippen LogP contribution in [0, 0.1) is 0 Å². The molecule has 2 aliphatic rings. The van der Waals surface area contributed by atoms with E-state index in [1.165, 1.54) is 32.4 Å². The lowest BCUT2D eigenvalue weighted by molar-refractivity contribution is 0.120. The molecule has 3 nitrogen and oxygen atoms in total. The van der Waals surface area contributed by atoms with Gasteiger partial charge < -0.3 is 4.90 Å². The highest BCUT2D eigenvalue weighted by atomic mass is 15.3. The predicted molar refractivity (Wildman–Crippen MR) is 65.7 cm³/mol. The zero-order valence-corrected chi connectivity index (χ0v) is 9.68. The van der Waals surface area contributed by atoms with Gasteiger partial charge >= 0.3 is 0 Å². The number of hydrogen-bond acceptors (Lipinski definition) is 3. The molecule has 0 atom stereocenters. The monoisotopic (exact) mass is 217 g/mol. The van der Waals surface area contributed by atoms with Crippen LogP contribution in [-0.2, 0) is 0 Å². The molecule has 3 heteroatoms. The second-order valence-corrected chi connectivity index (χ2v) is 4.80. The molecule has 3 rings (SSSR count). The van der Waals surface area contributed by atoms with Crippen molar-refractivity contribution in [3.8, 4) is 0 Å². The summed E-state index contributed by atoms with van der Waals surface area (Å²) < 4.78 is 0. The number of piperazine rings is 1. The fraction of sp³-hybridized carbons (Fsp3) is 0.615. The van der Waals surface area contributed by atoms with Crippen LogP contribution in [0.25, 0.3) is 0 Å². The lowest BCUT2D eigenvalue weighted by atomic mass is 9.91. The lowest BCUT2D eigenvalue weighted by Crippen LogP contribution is -2.52. The van der Waals surface area contributed by atoms with Crippen molar-refractivity contribution in [2.24, 2.45) is 0 Å². The van der Waals surface area contributed by atoms with Crippen LogP contribution in [-0.4, -0.2) is 42.1 Å². The molecule has 0 unspecified atom stereocenters. The first-order valence-electron chi connectivity index (χ1n) is 6.33. The normalized spacial score (nSPS) is 23.1. The van der Waals surface area contributed by atoms with E-state index in [1.807, 2.05) is 12.3 Å². The van der Waals surface area contributed by atoms with E-state index >= 15 is 0 Å². The molecular weight excluding hydrogens is 198 g/mol. The first kappa shape index (κ1) is 10.1. The molecule has 86 valence electrons. The van der Waals surface area contributed by atoms with Crippen molar-refractivity contribution in [1.29, 1.82) is 0 Å². The van der Waals surface area contributed by atoms with Gasteiger partial charge in [0.05, 0.1) is 0 Å². The predicted octanol–water partition coefficient (Wildman–Crippen LogP) is 1.76. The van der Waals surface area contributed by atoms with E-state index in [1.54, 1.807) is 0 Å². The summed E-state index contributed by atoms with van der Waals surface area (Å²) in [4.78, 5) is 9.47. The van der Waals surface area contributed by atoms with E-state index in [2.05, 4.69) is 26.9 Å². The van der Waals surface area contributed by atoms with E-state index < -0.39 is 0 Å². The van der Waals surface area contributed by atoms with Crippen LogP contribution >= 0.6 is 0 Å². The van der Waals surface area contributed by atoms with Crippen molar-refractivity contribution in [3.63, 3.8) is 0 Å². The van der Waals surface area contributed by atoms with Gasteiger partial charge in [0.1, 0.15) is 5.82 Å². The molecule has 1 saturated heterocycles. The van der Waals surface area contributed by atoms with Gasteiger partial charge in [0.2, 0.25) is 0 Å². The average molecular weight is 217 g/mol. The number of anilines is 1. The Kier molecular flexibility index (Phi) is 2.79. The van der Waals surface area contributed by atoms with E-state index in [0.717, 1.165) is 24.9 Å². The fourth-order valence-corrected chi connectivity index (χ4v) is 2.61. The van der Waals surface area contributed by atoms with Crippen molar-refractivity contribution >= 4 is 5.82 Å². The Labute approximate surface area is 97.1 Å². The van der Waals surface area contributed by atoms with Gasteiger partial charge in [0, 0.05) is 38.4 Å². The topological polar surface area (TPSA) is 19.4 Å². The largest absolute Gasteiger partial charge is 0.354 e. The van der Waals surface area contributed by atoms with Crippen LogP contribution in [0.2, 0.25) is 0 Å². The summed E-state index contributed by atoms with van der Waals surface area (Å²) >= 11 is 0. The first-order valence-corrected chi connectivity index (χ1v) is 6.33. The molecule has 1 aromatic heterocycles. The first-order chi connectivity index (χ1) is 7.93. The summed E-state index contributed by atoms with van der Waals surface area (Å²) in [6, 6.07) is 7.05. The molecular formula is C13H19N3. The number of pyridine rings is 1. The van der Waals surface area contributed by atoms with Crippen molar-refractivity contribution in [2.45, 2.75) is 25.3 Å². The Hall–Kier alpha value is -1.09. The minimum atomic E-state index is 0.894. The van der Waals surface area contributed by atoms with Gasteiger partial charge in [-0.1, -0.05) is 12.5 Å². The summed E-state index contributed by atoms with van der Waals surface area (Å²) in [6.45, 7) is 4.68. The maximum Gasteiger partial charge on any atom is 0.128 e. The van der Waals surface area contributed by atoms with Crippen LogP contribution in [0.4, 0.5) is 5.82 Å². The molecule has 0 radical (unpaired) electrons. The van der Waals surface area contributed by atoms with Crippen molar-refractivity contribution in [2.75, 3.05) is 31.1 Å². The zero-order valence-electron chi connectivity index (χ0n) is 9.68. The van der Waals surface area contributed by atoms with Gasteiger partial charge in [-0.3, -0.25) is 4.90 Å². The number of aromatic nitrogens is 1. The second-order valence-electron chi connectivity index (χ2n) is 4.80. The molecule has 0 bridgehead atoms. The molecule has 16 heavy (non-hydrogen) atoms. The Morgan fingerprint density at radius 2 is 1.88 bits per heavy atom. The van der Waals surface area contributed by atoms with Crippen molar-refractivity contribution in [1.82, 2.24) is 9.88 Å². The van der Waals surface area contributed by atoms with E-state index in [9.17, 15) is 0 Å². The zero-order chi connectivity index (χ0) is 10.8. The Balaban J connectivity index is 1.58. The Morgan fingerprint density at radius 1 is 1.06 bits per heavy atom. The molecule has 0 spiro atoms. The maximum atomic E-state index is 4.41. The molecule has 2 fully saturated rings. The Bertz CT molecular complexity index is 326. The maximum absolute atomic E-state index is 4.41. The molecule has 0 N–H and O–H groups in total. The van der Waals surface area contributed by atoms with Crippen LogP contribution in [0.15, 0.2) is 24.4 Å². The van der Waals surface area contributed by atoms with Crippen LogP contribution < -0.4 is 4.90 Å². The summed E-state index contributed by atoms with van der Waals surface area (Å²) in [6.07, 6.45) is 6.16. The summed E-state index contributed by atoms with van der Waals surface area (Å²) in [5.41, 5.74) is 0. The van der Waals surface area contributed by atoms with E-state index in [4.69, 9.17) is 0 Å². The van der Waals surface area contributed by atoms with Crippen LogP contribution in [0.1, 0.15) is 19.3 Å². The van der Waals surface area contributed by atoms with Crippen LogP contribution in [0.5, 0.6) is 0 Å². The van der Waals surface area contributed by atoms with Gasteiger partial charge in [-0.25, -0.2) is 4.98 Å². The third-order valence-corrected chi connectivity index (χ3v) is 3.88. The van der Waals surface area contributed by atoms with Crippen molar-refractivity contribution in [3.05, 3.63) is 24.4 Å². The molecule has 0 amide bonds. The van der Waals surface area contributed by atoms with Gasteiger partial charge in [-0.05, 0) is 25.0 Å². The number of nitrogens with zero attached hydrogens (tertiary/aromatic N) is 3. The summed E-state index contributed by atoms with van der Waals surface area (Å²) in [7, 11) is 0. The minimum absolute atomic E-state index is 0.894. The van der Waals surface area contributed by atoms with Crippen LogP contribution in [0.3, 0.4) is 0 Å². The highest BCUT2D eigenvalue weighted by Crippen LogP contribution is 2.26. The van der Waals surface area contributed by atoms with Crippen molar-refractivity contribution < 1.29 is 0 Å². The van der Waals surface area contributed by atoms with Gasteiger partial charge in [-0.2, -0.15) is 0 Å². The molecule has 1 aliphatic carbocycles. The second kappa shape index (κ2) is 4.42. The summed E-state index contributed by atoms with van der Waals surface area (Å²) in [5, 5.41) is 0. The molecule has 1 aromatic rings. The fourth-order valence-electron chi connectivity index (χ4n) is 2.61. The smallest absolute Gasteiger partial charge is 0.128 e. The quantitative estimate of drug-likeness (QED) is 0.752. The standard InChI is InChI=1S/C13H19N3/c1-2-7-14-13(6-1)16-10-8-15(9-11-16)12-4-3-5-12/h1-2,6-7,12H,3-5,8-11H2. The Morgan fingerprint density at radius 3 is 2.44 bits per heavy atom. The van der Waals surface area contributed by atoms with E-state index in [-0.39, 0.29) is 0 Å². The number of rotatable bonds is 2. The average Bonchev–Trinajstić information content (AvgIpc) is 2.29. The van der Waals surface area contributed by atoms with Gasteiger partial charge in [0.25, 0.3) is 0 Å². The molecule has 1 saturated carbocycles. The SMILES string of the molecule is c1ccc(N2CCN(C3CCC3)CC2)nc1. The molecule has 0 aromatic carbocycles. The molecule has 2 heterocycles. The third kappa shape index (κ3) is 1.92. The lowest BCUT2D eigenvalue weighted by Gasteiger charge is -2.43. The highest BCUT2D eigenvalue weighted by molar-refractivity contribution is 5.38. The van der Waals surface area contributed by atoms with Gasteiger partial charge in [-0.15, -0.1) is 0 Å². The van der Waals surface area contributed by atoms with Gasteiger partial charge in [0.15, 0.2) is 0 Å². The highest BCUT2D eigenvalue weighted by Gasteiger charge is 2.27. The number of hydrogen-bond donors (Lipinski definition) is 0. The third-order valence-electron chi connectivity index (χ3n) is 3.88.